The van der Waals surface area contributed by atoms with E-state index in [2.05, 4.69) is 0 Å². The van der Waals surface area contributed by atoms with Gasteiger partial charge in [0.2, 0.25) is 5.91 Å². The van der Waals surface area contributed by atoms with Gasteiger partial charge in [0.15, 0.2) is 0 Å². The predicted molar refractivity (Wildman–Crippen MR) is 74.7 cm³/mol. The Bertz CT molecular complexity index is 467. The van der Waals surface area contributed by atoms with Crippen molar-refractivity contribution in [2.24, 2.45) is 11.7 Å². The molecule has 1 aliphatic rings. The van der Waals surface area contributed by atoms with Gasteiger partial charge in [-0.15, -0.1) is 0 Å². The fraction of sp³-hybridized carbons (Fsp3) is 0.467. The van der Waals surface area contributed by atoms with E-state index < -0.39 is 6.04 Å². The van der Waals surface area contributed by atoms with Gasteiger partial charge in [-0.05, 0) is 18.4 Å². The number of likely N-dealkylation sites (tertiary alicyclic amines) is 1. The number of hydrogen-bond donors (Lipinski definition) is 1. The third-order valence-electron chi connectivity index (χ3n) is 3.81. The molecule has 1 aliphatic heterocycles. The molecule has 0 spiro atoms. The van der Waals surface area contributed by atoms with Crippen LogP contribution in [0.15, 0.2) is 30.3 Å². The Labute approximate surface area is 118 Å². The summed E-state index contributed by atoms with van der Waals surface area (Å²) in [7, 11) is 1.41. The molecule has 2 rings (SSSR count). The Morgan fingerprint density at radius 3 is 2.35 bits per heavy atom. The average molecular weight is 276 g/mol. The fourth-order valence-electron chi connectivity index (χ4n) is 2.75. The summed E-state index contributed by atoms with van der Waals surface area (Å²) in [5.74, 6) is -0.590. The van der Waals surface area contributed by atoms with Gasteiger partial charge in [0.1, 0.15) is 6.04 Å². The first-order valence-electron chi connectivity index (χ1n) is 6.79. The highest BCUT2D eigenvalue weighted by atomic mass is 16.5. The highest BCUT2D eigenvalue weighted by Crippen LogP contribution is 2.27. The van der Waals surface area contributed by atoms with E-state index in [0.29, 0.717) is 25.9 Å². The van der Waals surface area contributed by atoms with E-state index in [1.165, 1.54) is 7.11 Å². The number of nitrogens with two attached hydrogens (primary N) is 1. The highest BCUT2D eigenvalue weighted by molar-refractivity contribution is 5.81. The van der Waals surface area contributed by atoms with Crippen molar-refractivity contribution in [3.63, 3.8) is 0 Å². The van der Waals surface area contributed by atoms with Crippen molar-refractivity contribution in [1.82, 2.24) is 4.90 Å². The van der Waals surface area contributed by atoms with Gasteiger partial charge in [0.05, 0.1) is 13.0 Å². The summed E-state index contributed by atoms with van der Waals surface area (Å²) in [5, 5.41) is 0. The lowest BCUT2D eigenvalue weighted by Gasteiger charge is -2.35. The van der Waals surface area contributed by atoms with Gasteiger partial charge in [-0.3, -0.25) is 14.5 Å². The van der Waals surface area contributed by atoms with E-state index in [1.807, 2.05) is 35.2 Å². The fourth-order valence-corrected chi connectivity index (χ4v) is 2.75. The quantitative estimate of drug-likeness (QED) is 0.836. The Kier molecular flexibility index (Phi) is 4.74. The second kappa shape index (κ2) is 6.52. The molecule has 108 valence electrons. The molecular formula is C15H20N2O3. The zero-order chi connectivity index (χ0) is 14.5. The number of primary amides is 1. The minimum absolute atomic E-state index is 0.0689. The molecule has 0 aliphatic carbocycles. The number of amides is 1. The Hall–Kier alpha value is -1.88. The number of rotatable bonds is 4. The number of methoxy groups -OCH3 is 1. The lowest BCUT2D eigenvalue weighted by Crippen LogP contribution is -2.43. The average Bonchev–Trinajstić information content (AvgIpc) is 2.48. The highest BCUT2D eigenvalue weighted by Gasteiger charge is 2.32. The molecular weight excluding hydrogens is 256 g/mol. The minimum atomic E-state index is -0.421. The van der Waals surface area contributed by atoms with Crippen molar-refractivity contribution in [2.75, 3.05) is 20.2 Å². The number of nitrogens with zero attached hydrogens (tertiary/aromatic N) is 1. The lowest BCUT2D eigenvalue weighted by atomic mass is 9.94. The van der Waals surface area contributed by atoms with Crippen LogP contribution in [0.4, 0.5) is 0 Å². The van der Waals surface area contributed by atoms with E-state index in [1.54, 1.807) is 0 Å². The second-order valence-electron chi connectivity index (χ2n) is 5.05. The number of piperidine rings is 1. The smallest absolute Gasteiger partial charge is 0.308 e. The van der Waals surface area contributed by atoms with Crippen LogP contribution in [-0.2, 0) is 14.3 Å². The standard InChI is InChI=1S/C15H20N2O3/c1-20-15(19)12-7-9-17(10-8-12)13(14(16)18)11-5-3-2-4-6-11/h2-6,12-13H,7-10H2,1H3,(H2,16,18). The molecule has 0 saturated carbocycles. The normalized spacial score (nSPS) is 18.4. The van der Waals surface area contributed by atoms with Crippen molar-refractivity contribution >= 4 is 11.9 Å². The van der Waals surface area contributed by atoms with Crippen molar-refractivity contribution in [2.45, 2.75) is 18.9 Å². The summed E-state index contributed by atoms with van der Waals surface area (Å²) < 4.78 is 4.77. The summed E-state index contributed by atoms with van der Waals surface area (Å²) in [6, 6.07) is 9.09. The van der Waals surface area contributed by atoms with Crippen molar-refractivity contribution in [1.29, 1.82) is 0 Å². The third kappa shape index (κ3) is 3.17. The Morgan fingerprint density at radius 1 is 1.25 bits per heavy atom. The zero-order valence-electron chi connectivity index (χ0n) is 11.6. The molecule has 20 heavy (non-hydrogen) atoms. The number of hydrogen-bond acceptors (Lipinski definition) is 4. The van der Waals surface area contributed by atoms with E-state index in [0.717, 1.165) is 5.56 Å². The molecule has 1 saturated heterocycles. The number of ether oxygens (including phenoxy) is 1. The molecule has 1 atom stereocenters. The van der Waals surface area contributed by atoms with Crippen LogP contribution in [0, 0.1) is 5.92 Å². The molecule has 1 aromatic carbocycles. The first-order valence-corrected chi connectivity index (χ1v) is 6.79. The summed E-state index contributed by atoms with van der Waals surface area (Å²) >= 11 is 0. The van der Waals surface area contributed by atoms with Crippen LogP contribution in [-0.4, -0.2) is 37.0 Å². The van der Waals surface area contributed by atoms with Gasteiger partial charge in [0, 0.05) is 13.1 Å². The molecule has 1 heterocycles. The van der Waals surface area contributed by atoms with Gasteiger partial charge in [0.25, 0.3) is 0 Å². The largest absolute Gasteiger partial charge is 0.469 e. The first kappa shape index (κ1) is 14.5. The topological polar surface area (TPSA) is 72.6 Å². The van der Waals surface area contributed by atoms with Crippen LogP contribution >= 0.6 is 0 Å². The maximum Gasteiger partial charge on any atom is 0.308 e. The summed E-state index contributed by atoms with van der Waals surface area (Å²) in [6.07, 6.45) is 1.40. The Morgan fingerprint density at radius 2 is 1.85 bits per heavy atom. The molecule has 0 bridgehead atoms. The summed E-state index contributed by atoms with van der Waals surface area (Å²) in [5.41, 5.74) is 6.45. The van der Waals surface area contributed by atoms with E-state index in [9.17, 15) is 9.59 Å². The summed E-state index contributed by atoms with van der Waals surface area (Å²) in [6.45, 7) is 1.34. The van der Waals surface area contributed by atoms with Gasteiger partial charge in [-0.2, -0.15) is 0 Å². The van der Waals surface area contributed by atoms with Gasteiger partial charge in [-0.25, -0.2) is 0 Å². The van der Waals surface area contributed by atoms with Crippen molar-refractivity contribution in [3.8, 4) is 0 Å². The number of esters is 1. The summed E-state index contributed by atoms with van der Waals surface area (Å²) in [4.78, 5) is 25.3. The molecule has 1 fully saturated rings. The third-order valence-corrected chi connectivity index (χ3v) is 3.81. The van der Waals surface area contributed by atoms with Gasteiger partial charge in [-0.1, -0.05) is 30.3 Å². The maximum atomic E-state index is 11.8. The van der Waals surface area contributed by atoms with Crippen LogP contribution in [0.1, 0.15) is 24.4 Å². The number of benzene rings is 1. The van der Waals surface area contributed by atoms with Crippen LogP contribution < -0.4 is 5.73 Å². The second-order valence-corrected chi connectivity index (χ2v) is 5.05. The van der Waals surface area contributed by atoms with Crippen LogP contribution in [0.5, 0.6) is 0 Å². The minimum Gasteiger partial charge on any atom is -0.469 e. The molecule has 5 nitrogen and oxygen atoms in total. The number of carbonyl (C=O) groups excluding carboxylic acids is 2. The van der Waals surface area contributed by atoms with Crippen LogP contribution in [0.3, 0.4) is 0 Å². The van der Waals surface area contributed by atoms with Gasteiger partial charge < -0.3 is 10.5 Å². The number of carbonyl (C=O) groups is 2. The molecule has 5 heteroatoms. The zero-order valence-corrected chi connectivity index (χ0v) is 11.6. The van der Waals surface area contributed by atoms with Crippen LogP contribution in [0.2, 0.25) is 0 Å². The molecule has 2 N–H and O–H groups in total. The predicted octanol–water partition coefficient (Wildman–Crippen LogP) is 1.10. The van der Waals surface area contributed by atoms with Crippen molar-refractivity contribution in [3.05, 3.63) is 35.9 Å². The molecule has 0 aromatic heterocycles. The van der Waals surface area contributed by atoms with E-state index >= 15 is 0 Å². The van der Waals surface area contributed by atoms with E-state index in [-0.39, 0.29) is 17.8 Å². The maximum absolute atomic E-state index is 11.8. The molecule has 1 unspecified atom stereocenters. The molecule has 0 radical (unpaired) electrons. The monoisotopic (exact) mass is 276 g/mol. The molecule has 1 amide bonds. The lowest BCUT2D eigenvalue weighted by molar-refractivity contribution is -0.147. The van der Waals surface area contributed by atoms with Crippen molar-refractivity contribution < 1.29 is 14.3 Å². The van der Waals surface area contributed by atoms with E-state index in [4.69, 9.17) is 10.5 Å². The SMILES string of the molecule is COC(=O)C1CCN(C(C(N)=O)c2ccccc2)CC1. The Balaban J connectivity index is 2.06. The molecule has 1 aromatic rings. The first-order chi connectivity index (χ1) is 9.63. The van der Waals surface area contributed by atoms with Crippen LogP contribution in [0.25, 0.3) is 0 Å². The van der Waals surface area contributed by atoms with Gasteiger partial charge >= 0.3 is 5.97 Å².